The number of ether oxygens (including phenoxy) is 1. The van der Waals surface area contributed by atoms with Gasteiger partial charge >= 0.3 is 0 Å². The maximum atomic E-state index is 10.6. The van der Waals surface area contributed by atoms with E-state index < -0.39 is 0 Å². The lowest BCUT2D eigenvalue weighted by Crippen LogP contribution is -2.23. The van der Waals surface area contributed by atoms with Crippen molar-refractivity contribution < 1.29 is 9.53 Å². The first-order valence-electron chi connectivity index (χ1n) is 3.75. The van der Waals surface area contributed by atoms with Crippen LogP contribution in [0.25, 0.3) is 0 Å². The molecule has 0 saturated heterocycles. The van der Waals surface area contributed by atoms with Gasteiger partial charge < -0.3 is 10.5 Å². The van der Waals surface area contributed by atoms with Crippen LogP contribution < -0.4 is 5.73 Å². The van der Waals surface area contributed by atoms with Gasteiger partial charge in [0.15, 0.2) is 0 Å². The third-order valence-corrected chi connectivity index (χ3v) is 1.64. The molecule has 3 nitrogen and oxygen atoms in total. The third-order valence-electron chi connectivity index (χ3n) is 1.64. The van der Waals surface area contributed by atoms with Crippen LogP contribution in [0.4, 0.5) is 0 Å². The molecule has 0 rings (SSSR count). The van der Waals surface area contributed by atoms with Crippen LogP contribution in [0.2, 0.25) is 0 Å². The summed E-state index contributed by atoms with van der Waals surface area (Å²) in [6, 6.07) is 0. The van der Waals surface area contributed by atoms with Gasteiger partial charge in [0.05, 0.1) is 0 Å². The predicted octanol–water partition coefficient (Wildman–Crippen LogP) is 0.924. The van der Waals surface area contributed by atoms with Gasteiger partial charge in [-0.2, -0.15) is 0 Å². The largest absolute Gasteiger partial charge is 0.385 e. The molecule has 0 radical (unpaired) electrons. The van der Waals surface area contributed by atoms with E-state index in [-0.39, 0.29) is 11.3 Å². The van der Waals surface area contributed by atoms with Crippen LogP contribution in [0.5, 0.6) is 0 Å². The van der Waals surface area contributed by atoms with Gasteiger partial charge in [0.1, 0.15) is 0 Å². The average Bonchev–Trinajstić information content (AvgIpc) is 1.81. The smallest absolute Gasteiger partial charge is 0.217 e. The second-order valence-corrected chi connectivity index (χ2v) is 3.55. The maximum absolute atomic E-state index is 10.6. The van der Waals surface area contributed by atoms with Crippen molar-refractivity contribution in [1.82, 2.24) is 0 Å². The summed E-state index contributed by atoms with van der Waals surface area (Å²) in [5.74, 6) is -0.244. The highest BCUT2D eigenvalue weighted by Gasteiger charge is 2.19. The Balaban J connectivity index is 3.70. The van der Waals surface area contributed by atoms with E-state index in [2.05, 4.69) is 0 Å². The Morgan fingerprint density at radius 2 is 2.09 bits per heavy atom. The minimum atomic E-state index is -0.244. The zero-order valence-electron chi connectivity index (χ0n) is 7.52. The number of nitrogens with two attached hydrogens (primary N) is 1. The highest BCUT2D eigenvalue weighted by Crippen LogP contribution is 2.23. The number of rotatable bonds is 5. The number of hydrogen-bond acceptors (Lipinski definition) is 2. The van der Waals surface area contributed by atoms with Crippen LogP contribution in [0.3, 0.4) is 0 Å². The van der Waals surface area contributed by atoms with Gasteiger partial charge in [-0.05, 0) is 11.8 Å². The summed E-state index contributed by atoms with van der Waals surface area (Å²) >= 11 is 0. The first-order chi connectivity index (χ1) is 4.98. The normalized spacial score (nSPS) is 11.5. The highest BCUT2D eigenvalue weighted by atomic mass is 16.5. The van der Waals surface area contributed by atoms with Crippen molar-refractivity contribution in [2.75, 3.05) is 13.7 Å². The van der Waals surface area contributed by atoms with E-state index >= 15 is 0 Å². The first-order valence-corrected chi connectivity index (χ1v) is 3.75. The van der Waals surface area contributed by atoms with Crippen LogP contribution in [-0.4, -0.2) is 19.6 Å². The number of primary amides is 1. The zero-order valence-corrected chi connectivity index (χ0v) is 7.52. The highest BCUT2D eigenvalue weighted by molar-refractivity contribution is 5.74. The van der Waals surface area contributed by atoms with Crippen molar-refractivity contribution in [2.24, 2.45) is 11.1 Å². The van der Waals surface area contributed by atoms with Gasteiger partial charge in [-0.3, -0.25) is 4.79 Å². The van der Waals surface area contributed by atoms with Crippen molar-refractivity contribution in [2.45, 2.75) is 26.7 Å². The number of carbonyl (C=O) groups excluding carboxylic acids is 1. The molecule has 0 aromatic rings. The second-order valence-electron chi connectivity index (χ2n) is 3.55. The minimum Gasteiger partial charge on any atom is -0.385 e. The molecule has 2 N–H and O–H groups in total. The molecule has 0 atom stereocenters. The Bertz CT molecular complexity index is 132. The summed E-state index contributed by atoms with van der Waals surface area (Å²) in [6.45, 7) is 4.70. The molecule has 0 saturated carbocycles. The Morgan fingerprint density at radius 1 is 1.55 bits per heavy atom. The Kier molecular flexibility index (Phi) is 4.11. The standard InChI is InChI=1S/C8H17NO2/c1-8(2,4-5-11-3)6-7(9)10/h4-6H2,1-3H3,(H2,9,10). The summed E-state index contributed by atoms with van der Waals surface area (Å²) in [6.07, 6.45) is 1.29. The molecule has 0 aliphatic carbocycles. The van der Waals surface area contributed by atoms with Gasteiger partial charge in [-0.15, -0.1) is 0 Å². The average molecular weight is 159 g/mol. The van der Waals surface area contributed by atoms with E-state index in [4.69, 9.17) is 10.5 Å². The summed E-state index contributed by atoms with van der Waals surface area (Å²) < 4.78 is 4.91. The van der Waals surface area contributed by atoms with Crippen LogP contribution in [-0.2, 0) is 9.53 Å². The SMILES string of the molecule is COCCC(C)(C)CC(N)=O. The van der Waals surface area contributed by atoms with Crippen LogP contribution >= 0.6 is 0 Å². The molecule has 0 spiro atoms. The van der Waals surface area contributed by atoms with Crippen molar-refractivity contribution in [3.8, 4) is 0 Å². The predicted molar refractivity (Wildman–Crippen MR) is 44.1 cm³/mol. The Morgan fingerprint density at radius 3 is 2.45 bits per heavy atom. The second kappa shape index (κ2) is 4.34. The minimum absolute atomic E-state index is 0.0259. The van der Waals surface area contributed by atoms with E-state index in [0.717, 1.165) is 6.42 Å². The maximum Gasteiger partial charge on any atom is 0.217 e. The molecular weight excluding hydrogens is 142 g/mol. The van der Waals surface area contributed by atoms with E-state index in [1.165, 1.54) is 0 Å². The van der Waals surface area contributed by atoms with Crippen molar-refractivity contribution in [3.63, 3.8) is 0 Å². The summed E-state index contributed by atoms with van der Waals surface area (Å²) in [5, 5.41) is 0. The number of methoxy groups -OCH3 is 1. The molecule has 0 bridgehead atoms. The molecule has 0 aromatic heterocycles. The fourth-order valence-electron chi connectivity index (χ4n) is 0.938. The van der Waals surface area contributed by atoms with E-state index in [0.29, 0.717) is 13.0 Å². The third kappa shape index (κ3) is 5.85. The number of hydrogen-bond donors (Lipinski definition) is 1. The number of carbonyl (C=O) groups is 1. The molecule has 0 unspecified atom stereocenters. The quantitative estimate of drug-likeness (QED) is 0.648. The lowest BCUT2D eigenvalue weighted by Gasteiger charge is -2.21. The van der Waals surface area contributed by atoms with Crippen LogP contribution in [0.1, 0.15) is 26.7 Å². The van der Waals surface area contributed by atoms with Crippen molar-refractivity contribution in [1.29, 1.82) is 0 Å². The molecule has 0 heterocycles. The molecular formula is C8H17NO2. The molecule has 0 aliphatic rings. The fourth-order valence-corrected chi connectivity index (χ4v) is 0.938. The van der Waals surface area contributed by atoms with Crippen LogP contribution in [0, 0.1) is 5.41 Å². The summed E-state index contributed by atoms with van der Waals surface area (Å²) in [5.41, 5.74) is 5.04. The molecule has 0 fully saturated rings. The van der Waals surface area contributed by atoms with Crippen molar-refractivity contribution >= 4 is 5.91 Å². The molecule has 66 valence electrons. The molecule has 0 aliphatic heterocycles. The Hall–Kier alpha value is -0.570. The lowest BCUT2D eigenvalue weighted by molar-refractivity contribution is -0.120. The molecule has 3 heteroatoms. The van der Waals surface area contributed by atoms with Gasteiger partial charge in [0, 0.05) is 20.1 Å². The van der Waals surface area contributed by atoms with Crippen LogP contribution in [0.15, 0.2) is 0 Å². The van der Waals surface area contributed by atoms with Gasteiger partial charge in [0.25, 0.3) is 0 Å². The van der Waals surface area contributed by atoms with Gasteiger partial charge in [0.2, 0.25) is 5.91 Å². The zero-order chi connectivity index (χ0) is 8.91. The lowest BCUT2D eigenvalue weighted by atomic mass is 9.86. The number of amides is 1. The first kappa shape index (κ1) is 10.4. The van der Waals surface area contributed by atoms with Crippen molar-refractivity contribution in [3.05, 3.63) is 0 Å². The monoisotopic (exact) mass is 159 g/mol. The van der Waals surface area contributed by atoms with Gasteiger partial charge in [-0.25, -0.2) is 0 Å². The van der Waals surface area contributed by atoms with E-state index in [1.807, 2.05) is 13.8 Å². The Labute approximate surface area is 67.9 Å². The fraction of sp³-hybridized carbons (Fsp3) is 0.875. The van der Waals surface area contributed by atoms with E-state index in [1.54, 1.807) is 7.11 Å². The topological polar surface area (TPSA) is 52.3 Å². The molecule has 1 amide bonds. The van der Waals surface area contributed by atoms with E-state index in [9.17, 15) is 4.79 Å². The molecule has 0 aromatic carbocycles. The summed E-state index contributed by atoms with van der Waals surface area (Å²) in [7, 11) is 1.65. The molecule has 11 heavy (non-hydrogen) atoms. The summed E-state index contributed by atoms with van der Waals surface area (Å²) in [4.78, 5) is 10.6. The van der Waals surface area contributed by atoms with Gasteiger partial charge in [-0.1, -0.05) is 13.8 Å².